The number of benzene rings is 2. The summed E-state index contributed by atoms with van der Waals surface area (Å²) in [7, 11) is 1.88. The van der Waals surface area contributed by atoms with Gasteiger partial charge in [0.2, 0.25) is 0 Å². The molecule has 0 amide bonds. The Hall–Kier alpha value is -3.82. The summed E-state index contributed by atoms with van der Waals surface area (Å²) in [4.78, 5) is 18.3. The summed E-state index contributed by atoms with van der Waals surface area (Å²) in [6, 6.07) is 14.2. The number of aromatic nitrogens is 3. The fourth-order valence-corrected chi connectivity index (χ4v) is 4.76. The van der Waals surface area contributed by atoms with Gasteiger partial charge in [-0.05, 0) is 43.3 Å². The van der Waals surface area contributed by atoms with Crippen molar-refractivity contribution >= 4 is 28.1 Å². The molecule has 0 unspecified atom stereocenters. The lowest BCUT2D eigenvalue weighted by Gasteiger charge is -2.33. The number of rotatable bonds is 10. The Morgan fingerprint density at radius 2 is 1.79 bits per heavy atom. The van der Waals surface area contributed by atoms with Crippen LogP contribution in [0.3, 0.4) is 0 Å². The number of nitrogens with zero attached hydrogens (tertiary/aromatic N) is 5. The van der Waals surface area contributed by atoms with E-state index >= 15 is 0 Å². The number of halogens is 1. The topological polar surface area (TPSA) is 78.4 Å². The molecule has 2 aromatic carbocycles. The highest BCUT2D eigenvalue weighted by Gasteiger charge is 2.16. The second kappa shape index (κ2) is 12.1. The summed E-state index contributed by atoms with van der Waals surface area (Å²) >= 11 is 0. The molecule has 0 atom stereocenters. The van der Waals surface area contributed by atoms with E-state index in [2.05, 4.69) is 42.3 Å². The largest absolute Gasteiger partial charge is 0.491 e. The van der Waals surface area contributed by atoms with Gasteiger partial charge in [0.15, 0.2) is 0 Å². The second-order valence-electron chi connectivity index (χ2n) is 9.35. The Kier molecular flexibility index (Phi) is 8.25. The van der Waals surface area contributed by atoms with Gasteiger partial charge in [0.25, 0.3) is 0 Å². The summed E-state index contributed by atoms with van der Waals surface area (Å²) in [6.07, 6.45) is 4.15. The van der Waals surface area contributed by atoms with Crippen molar-refractivity contribution in [2.45, 2.75) is 13.3 Å². The van der Waals surface area contributed by atoms with Crippen molar-refractivity contribution in [2.24, 2.45) is 0 Å². The van der Waals surface area contributed by atoms with Gasteiger partial charge in [-0.3, -0.25) is 4.98 Å². The van der Waals surface area contributed by atoms with Crippen LogP contribution in [-0.4, -0.2) is 77.7 Å². The molecule has 0 spiro atoms. The van der Waals surface area contributed by atoms with E-state index < -0.39 is 0 Å². The predicted octanol–water partition coefficient (Wildman–Crippen LogP) is 5.02. The highest BCUT2D eigenvalue weighted by atomic mass is 19.1. The number of likely N-dealkylation sites (N-methyl/N-ethyl adjacent to an activating group) is 1. The van der Waals surface area contributed by atoms with Gasteiger partial charge in [-0.1, -0.05) is 19.1 Å². The van der Waals surface area contributed by atoms with E-state index in [1.807, 2.05) is 31.3 Å². The van der Waals surface area contributed by atoms with E-state index in [9.17, 15) is 4.39 Å². The second-order valence-corrected chi connectivity index (χ2v) is 9.35. The van der Waals surface area contributed by atoms with Crippen molar-refractivity contribution in [1.29, 1.82) is 0 Å². The normalized spacial score (nSPS) is 14.5. The van der Waals surface area contributed by atoms with Crippen molar-refractivity contribution in [1.82, 2.24) is 24.8 Å². The van der Waals surface area contributed by atoms with Crippen LogP contribution in [0.4, 0.5) is 21.6 Å². The maximum absolute atomic E-state index is 14.3. The standard InChI is InChI=1S/C29H34FN7O/c1-3-36-12-14-37(15-13-36)11-6-16-38-28-19-26-23(18-27(28)31-2)29(34-20-33-26)35-21-9-10-32-25(17-21)22-7-4-5-8-24(22)30/h4-5,7-10,17-20,31H,3,6,11-16H2,1-2H3,(H,32,33,34,35). The third kappa shape index (κ3) is 6.00. The van der Waals surface area contributed by atoms with Crippen LogP contribution in [0.2, 0.25) is 0 Å². The fraction of sp³-hybridized carbons (Fsp3) is 0.345. The van der Waals surface area contributed by atoms with Crippen LogP contribution < -0.4 is 15.4 Å². The number of nitrogens with one attached hydrogen (secondary N) is 2. The van der Waals surface area contributed by atoms with Crippen LogP contribution in [0, 0.1) is 5.82 Å². The zero-order chi connectivity index (χ0) is 26.3. The number of hydrogen-bond donors (Lipinski definition) is 2. The van der Waals surface area contributed by atoms with E-state index in [1.54, 1.807) is 24.4 Å². The van der Waals surface area contributed by atoms with Gasteiger partial charge in [0.1, 0.15) is 23.7 Å². The van der Waals surface area contributed by atoms with Crippen LogP contribution in [-0.2, 0) is 0 Å². The molecule has 3 heterocycles. The molecular weight excluding hydrogens is 481 g/mol. The molecule has 198 valence electrons. The average molecular weight is 516 g/mol. The smallest absolute Gasteiger partial charge is 0.144 e. The molecule has 1 saturated heterocycles. The molecule has 0 radical (unpaired) electrons. The number of ether oxygens (including phenoxy) is 1. The number of fused-ring (bicyclic) bond motifs is 1. The first kappa shape index (κ1) is 25.8. The molecule has 8 nitrogen and oxygen atoms in total. The Balaban J connectivity index is 1.28. The minimum absolute atomic E-state index is 0.310. The minimum Gasteiger partial charge on any atom is -0.491 e. The molecule has 5 rings (SSSR count). The zero-order valence-corrected chi connectivity index (χ0v) is 22.0. The van der Waals surface area contributed by atoms with Crippen molar-refractivity contribution < 1.29 is 9.13 Å². The van der Waals surface area contributed by atoms with Gasteiger partial charge in [-0.2, -0.15) is 0 Å². The summed E-state index contributed by atoms with van der Waals surface area (Å²) in [5.41, 5.74) is 3.39. The maximum Gasteiger partial charge on any atom is 0.144 e. The van der Waals surface area contributed by atoms with Crippen molar-refractivity contribution in [2.75, 3.05) is 63.6 Å². The number of anilines is 3. The Bertz CT molecular complexity index is 1370. The Labute approximate surface area is 222 Å². The molecule has 1 aliphatic heterocycles. The molecular formula is C29H34FN7O. The molecule has 1 aliphatic rings. The summed E-state index contributed by atoms with van der Waals surface area (Å²) < 4.78 is 20.5. The van der Waals surface area contributed by atoms with Crippen LogP contribution in [0.25, 0.3) is 22.2 Å². The number of pyridine rings is 1. The summed E-state index contributed by atoms with van der Waals surface area (Å²) in [5.74, 6) is 1.11. The predicted molar refractivity (Wildman–Crippen MR) is 151 cm³/mol. The first-order valence-electron chi connectivity index (χ1n) is 13.2. The maximum atomic E-state index is 14.3. The van der Waals surface area contributed by atoms with E-state index in [4.69, 9.17) is 4.74 Å². The Morgan fingerprint density at radius 3 is 2.58 bits per heavy atom. The molecule has 0 aliphatic carbocycles. The molecule has 0 bridgehead atoms. The van der Waals surface area contributed by atoms with E-state index in [0.717, 1.165) is 73.7 Å². The SMILES string of the molecule is CCN1CCN(CCCOc2cc3ncnc(Nc4ccnc(-c5ccccc5F)c4)c3cc2NC)CC1. The van der Waals surface area contributed by atoms with Crippen LogP contribution >= 0.6 is 0 Å². The quantitative estimate of drug-likeness (QED) is 0.285. The van der Waals surface area contributed by atoms with Gasteiger partial charge in [-0.25, -0.2) is 14.4 Å². The van der Waals surface area contributed by atoms with Gasteiger partial charge in [0, 0.05) is 68.7 Å². The lowest BCUT2D eigenvalue weighted by atomic mass is 10.1. The third-order valence-electron chi connectivity index (χ3n) is 6.97. The molecule has 0 saturated carbocycles. The molecule has 9 heteroatoms. The van der Waals surface area contributed by atoms with Gasteiger partial charge in [0.05, 0.1) is 23.5 Å². The van der Waals surface area contributed by atoms with Crippen LogP contribution in [0.1, 0.15) is 13.3 Å². The van der Waals surface area contributed by atoms with Crippen LogP contribution in [0.5, 0.6) is 5.75 Å². The monoisotopic (exact) mass is 515 g/mol. The molecule has 2 aromatic heterocycles. The van der Waals surface area contributed by atoms with Crippen molar-refractivity contribution in [3.8, 4) is 17.0 Å². The summed E-state index contributed by atoms with van der Waals surface area (Å²) in [6.45, 7) is 9.56. The van der Waals surface area contributed by atoms with Gasteiger partial charge < -0.3 is 25.2 Å². The van der Waals surface area contributed by atoms with Crippen LogP contribution in [0.15, 0.2) is 61.1 Å². The molecule has 2 N–H and O–H groups in total. The molecule has 38 heavy (non-hydrogen) atoms. The van der Waals surface area contributed by atoms with E-state index in [0.29, 0.717) is 23.7 Å². The highest BCUT2D eigenvalue weighted by Crippen LogP contribution is 2.33. The third-order valence-corrected chi connectivity index (χ3v) is 6.97. The van der Waals surface area contributed by atoms with Gasteiger partial charge in [-0.15, -0.1) is 0 Å². The Morgan fingerprint density at radius 1 is 0.974 bits per heavy atom. The zero-order valence-electron chi connectivity index (χ0n) is 22.0. The minimum atomic E-state index is -0.310. The molecule has 4 aromatic rings. The van der Waals surface area contributed by atoms with E-state index in [-0.39, 0.29) is 5.82 Å². The first-order chi connectivity index (χ1) is 18.6. The van der Waals surface area contributed by atoms with Crippen molar-refractivity contribution in [3.05, 3.63) is 66.9 Å². The van der Waals surface area contributed by atoms with Crippen molar-refractivity contribution in [3.63, 3.8) is 0 Å². The lowest BCUT2D eigenvalue weighted by molar-refractivity contribution is 0.130. The average Bonchev–Trinajstić information content (AvgIpc) is 2.96. The number of piperazine rings is 1. The van der Waals surface area contributed by atoms with Gasteiger partial charge >= 0.3 is 0 Å². The molecule has 1 fully saturated rings. The lowest BCUT2D eigenvalue weighted by Crippen LogP contribution is -2.46. The first-order valence-corrected chi connectivity index (χ1v) is 13.2. The summed E-state index contributed by atoms with van der Waals surface area (Å²) in [5, 5.41) is 7.44. The fourth-order valence-electron chi connectivity index (χ4n) is 4.76. The number of hydrogen-bond acceptors (Lipinski definition) is 8. The highest BCUT2D eigenvalue weighted by molar-refractivity contribution is 5.95. The van der Waals surface area contributed by atoms with E-state index in [1.165, 1.54) is 12.4 Å².